The molecular weight excluding hydrogens is 485 g/mol. The van der Waals surface area contributed by atoms with Gasteiger partial charge in [-0.2, -0.15) is 0 Å². The molecule has 2 fully saturated rings. The van der Waals surface area contributed by atoms with Crippen molar-refractivity contribution in [2.75, 3.05) is 18.0 Å². The Labute approximate surface area is 212 Å². The molecule has 4 nitrogen and oxygen atoms in total. The number of para-hydroxylation sites is 1. The van der Waals surface area contributed by atoms with Crippen LogP contribution in [0.5, 0.6) is 0 Å². The van der Waals surface area contributed by atoms with Gasteiger partial charge in [-0.05, 0) is 67.4 Å². The molecule has 1 saturated heterocycles. The molecule has 172 valence electrons. The lowest BCUT2D eigenvalue weighted by atomic mass is 9.63. The summed E-state index contributed by atoms with van der Waals surface area (Å²) in [5, 5.41) is 6.85. The number of benzene rings is 2. The van der Waals surface area contributed by atoms with Crippen LogP contribution in [0.15, 0.2) is 53.1 Å². The second-order valence-corrected chi connectivity index (χ2v) is 11.6. The van der Waals surface area contributed by atoms with Gasteiger partial charge in [-0.15, -0.1) is 0 Å². The fraction of sp³-hybridized carbons (Fsp3) is 0.333. The number of hydrogen-bond acceptors (Lipinski definition) is 5. The number of aromatic nitrogens is 2. The van der Waals surface area contributed by atoms with Gasteiger partial charge in [-0.1, -0.05) is 64.0 Å². The maximum absolute atomic E-state index is 6.56. The summed E-state index contributed by atoms with van der Waals surface area (Å²) in [6.07, 6.45) is 8.13. The maximum atomic E-state index is 6.56. The second kappa shape index (κ2) is 7.84. The summed E-state index contributed by atoms with van der Waals surface area (Å²) in [6, 6.07) is 14.0. The fourth-order valence-electron chi connectivity index (χ4n) is 5.47. The van der Waals surface area contributed by atoms with Crippen molar-refractivity contribution in [2.24, 2.45) is 5.41 Å². The number of fused-ring (bicyclic) bond motifs is 1. The predicted molar refractivity (Wildman–Crippen MR) is 140 cm³/mol. The number of allylic oxidation sites excluding steroid dienone is 2. The molecule has 1 saturated carbocycles. The molecule has 1 aliphatic heterocycles. The molecule has 0 N–H and O–H groups in total. The molecule has 0 amide bonds. The number of halogens is 2. The van der Waals surface area contributed by atoms with E-state index >= 15 is 0 Å². The highest BCUT2D eigenvalue weighted by molar-refractivity contribution is 7.22. The average Bonchev–Trinajstić information content (AvgIpc) is 3.43. The zero-order chi connectivity index (χ0) is 22.9. The lowest BCUT2D eigenvalue weighted by molar-refractivity contribution is 0.277. The molecule has 4 aromatic rings. The lowest BCUT2D eigenvalue weighted by Gasteiger charge is -2.46. The minimum absolute atomic E-state index is 0.252. The van der Waals surface area contributed by atoms with Crippen molar-refractivity contribution in [3.8, 4) is 11.3 Å². The smallest absolute Gasteiger partial charge is 0.186 e. The standard InChI is InChI=1S/C27H23Cl2N3OS/c28-18-4-3-5-19(29)23(18)24-22(25(33-31-24)16-8-9-16)17-14-27(15-17)10-12-32(13-11-27)26-30-20-6-1-2-7-21(20)34-26/h1-7,14,16H,8-13,15H2. The van der Waals surface area contributed by atoms with Crippen LogP contribution in [0, 0.1) is 5.41 Å². The van der Waals surface area contributed by atoms with Crippen LogP contribution < -0.4 is 4.90 Å². The van der Waals surface area contributed by atoms with Crippen molar-refractivity contribution in [1.29, 1.82) is 0 Å². The highest BCUT2D eigenvalue weighted by Gasteiger charge is 2.44. The van der Waals surface area contributed by atoms with Crippen LogP contribution in [0.25, 0.3) is 27.0 Å². The van der Waals surface area contributed by atoms with Crippen molar-refractivity contribution >= 4 is 55.5 Å². The Kier molecular flexibility index (Phi) is 4.84. The van der Waals surface area contributed by atoms with Gasteiger partial charge in [0.25, 0.3) is 0 Å². The van der Waals surface area contributed by atoms with Crippen LogP contribution in [0.1, 0.15) is 49.3 Å². The van der Waals surface area contributed by atoms with E-state index in [2.05, 4.69) is 40.4 Å². The van der Waals surface area contributed by atoms with Crippen molar-refractivity contribution in [2.45, 2.75) is 38.0 Å². The Morgan fingerprint density at radius 1 is 0.971 bits per heavy atom. The largest absolute Gasteiger partial charge is 0.360 e. The first-order valence-corrected chi connectivity index (χ1v) is 13.4. The van der Waals surface area contributed by atoms with Crippen molar-refractivity contribution in [3.05, 3.63) is 69.9 Å². The third-order valence-electron chi connectivity index (χ3n) is 7.52. The summed E-state index contributed by atoms with van der Waals surface area (Å²) in [5.74, 6) is 1.48. The summed E-state index contributed by atoms with van der Waals surface area (Å²) in [7, 11) is 0. The average molecular weight is 508 g/mol. The molecule has 2 aromatic heterocycles. The minimum Gasteiger partial charge on any atom is -0.360 e. The van der Waals surface area contributed by atoms with E-state index in [9.17, 15) is 0 Å². The number of thiazole rings is 1. The molecule has 0 bridgehead atoms. The molecule has 1 spiro atoms. The Morgan fingerprint density at radius 3 is 2.41 bits per heavy atom. The molecule has 0 radical (unpaired) electrons. The summed E-state index contributed by atoms with van der Waals surface area (Å²) in [5.41, 5.74) is 5.40. The topological polar surface area (TPSA) is 42.2 Å². The fourth-order valence-corrected chi connectivity index (χ4v) is 7.07. The van der Waals surface area contributed by atoms with Crippen molar-refractivity contribution in [3.63, 3.8) is 0 Å². The normalized spacial score (nSPS) is 19.5. The van der Waals surface area contributed by atoms with Gasteiger partial charge in [-0.25, -0.2) is 4.98 Å². The van der Waals surface area contributed by atoms with Gasteiger partial charge >= 0.3 is 0 Å². The maximum Gasteiger partial charge on any atom is 0.186 e. The van der Waals surface area contributed by atoms with Crippen LogP contribution in [0.2, 0.25) is 10.0 Å². The van der Waals surface area contributed by atoms with Crippen LogP contribution >= 0.6 is 34.5 Å². The van der Waals surface area contributed by atoms with E-state index in [4.69, 9.17) is 32.7 Å². The molecule has 7 rings (SSSR count). The Balaban J connectivity index is 1.17. The molecule has 2 aliphatic carbocycles. The summed E-state index contributed by atoms with van der Waals surface area (Å²) < 4.78 is 7.16. The Hall–Kier alpha value is -2.34. The highest BCUT2D eigenvalue weighted by atomic mass is 35.5. The lowest BCUT2D eigenvalue weighted by Crippen LogP contribution is -2.42. The molecule has 3 aliphatic rings. The Bertz CT molecular complexity index is 1390. The first kappa shape index (κ1) is 21.0. The zero-order valence-corrected chi connectivity index (χ0v) is 20.9. The van der Waals surface area contributed by atoms with Gasteiger partial charge in [0.15, 0.2) is 5.13 Å². The molecule has 0 atom stereocenters. The van der Waals surface area contributed by atoms with Gasteiger partial charge in [-0.3, -0.25) is 0 Å². The van der Waals surface area contributed by atoms with Crippen molar-refractivity contribution < 1.29 is 4.52 Å². The molecule has 34 heavy (non-hydrogen) atoms. The van der Waals surface area contributed by atoms with E-state index in [1.165, 1.54) is 10.3 Å². The van der Waals surface area contributed by atoms with Crippen LogP contribution in [-0.2, 0) is 0 Å². The first-order chi connectivity index (χ1) is 16.6. The molecule has 2 aromatic carbocycles. The molecule has 0 unspecified atom stereocenters. The SMILES string of the molecule is Clc1cccc(Cl)c1-c1noc(C2CC2)c1C1=CC2(CCN(c3nc4ccccc4s3)CC2)C1. The zero-order valence-electron chi connectivity index (χ0n) is 18.6. The van der Waals surface area contributed by atoms with Gasteiger partial charge in [0.1, 0.15) is 11.5 Å². The third-order valence-corrected chi connectivity index (χ3v) is 9.25. The van der Waals surface area contributed by atoms with E-state index in [0.717, 1.165) is 78.4 Å². The van der Waals surface area contributed by atoms with Gasteiger partial charge in [0.05, 0.1) is 20.3 Å². The second-order valence-electron chi connectivity index (χ2n) is 9.80. The van der Waals surface area contributed by atoms with Gasteiger partial charge in [0, 0.05) is 30.1 Å². The quantitative estimate of drug-likeness (QED) is 0.279. The summed E-state index contributed by atoms with van der Waals surface area (Å²) in [6.45, 7) is 2.07. The third kappa shape index (κ3) is 3.40. The number of piperidine rings is 1. The van der Waals surface area contributed by atoms with E-state index in [1.54, 1.807) is 11.3 Å². The monoisotopic (exact) mass is 507 g/mol. The molecule has 3 heterocycles. The number of nitrogens with zero attached hydrogens (tertiary/aromatic N) is 3. The molecule has 7 heteroatoms. The first-order valence-electron chi connectivity index (χ1n) is 11.9. The number of anilines is 1. The van der Waals surface area contributed by atoms with Gasteiger partial charge in [0.2, 0.25) is 0 Å². The highest BCUT2D eigenvalue weighted by Crippen LogP contribution is 2.56. The number of hydrogen-bond donors (Lipinski definition) is 0. The summed E-state index contributed by atoms with van der Waals surface area (Å²) >= 11 is 14.9. The van der Waals surface area contributed by atoms with E-state index in [1.807, 2.05) is 18.2 Å². The molecular formula is C27H23Cl2N3OS. The van der Waals surface area contributed by atoms with E-state index < -0.39 is 0 Å². The van der Waals surface area contributed by atoms with Crippen molar-refractivity contribution in [1.82, 2.24) is 10.1 Å². The predicted octanol–water partition coefficient (Wildman–Crippen LogP) is 8.21. The number of rotatable bonds is 4. The summed E-state index contributed by atoms with van der Waals surface area (Å²) in [4.78, 5) is 7.32. The Morgan fingerprint density at radius 2 is 1.71 bits per heavy atom. The minimum atomic E-state index is 0.252. The van der Waals surface area contributed by atoms with Crippen LogP contribution in [-0.4, -0.2) is 23.2 Å². The van der Waals surface area contributed by atoms with Crippen LogP contribution in [0.4, 0.5) is 5.13 Å². The van der Waals surface area contributed by atoms with E-state index in [-0.39, 0.29) is 5.41 Å². The van der Waals surface area contributed by atoms with E-state index in [0.29, 0.717) is 16.0 Å². The van der Waals surface area contributed by atoms with Crippen LogP contribution in [0.3, 0.4) is 0 Å². The van der Waals surface area contributed by atoms with Gasteiger partial charge < -0.3 is 9.42 Å².